The predicted molar refractivity (Wildman–Crippen MR) is 129 cm³/mol. The monoisotopic (exact) mass is 444 g/mol. The van der Waals surface area contributed by atoms with E-state index in [1.807, 2.05) is 0 Å². The Morgan fingerprint density at radius 3 is 2.34 bits per heavy atom. The van der Waals surface area contributed by atoms with E-state index in [-0.39, 0.29) is 0 Å². The molecule has 4 aromatic rings. The van der Waals surface area contributed by atoms with Crippen molar-refractivity contribution in [3.63, 3.8) is 0 Å². The molecule has 0 saturated carbocycles. The number of para-hydroxylation sites is 2. The van der Waals surface area contributed by atoms with Gasteiger partial charge >= 0.3 is 0 Å². The Kier molecular flexibility index (Phi) is 6.08. The number of aryl methyl sites for hydroxylation is 1. The lowest BCUT2D eigenvalue weighted by Crippen LogP contribution is -2.58. The number of rotatable bonds is 3. The summed E-state index contributed by atoms with van der Waals surface area (Å²) in [7, 11) is -3.92. The molecular weight excluding hydrogens is 420 g/mol. The van der Waals surface area contributed by atoms with Gasteiger partial charge in [0.25, 0.3) is 0 Å². The quantitative estimate of drug-likeness (QED) is 0.473. The average molecular weight is 445 g/mol. The zero-order valence-corrected chi connectivity index (χ0v) is 18.7. The first-order chi connectivity index (χ1) is 15.3. The lowest BCUT2D eigenvalue weighted by atomic mass is 9.89. The molecule has 3 aromatic carbocycles. The van der Waals surface area contributed by atoms with Gasteiger partial charge in [-0.05, 0) is 29.7 Å². The molecule has 0 fully saturated rings. The highest BCUT2D eigenvalue weighted by molar-refractivity contribution is 7.84. The fourth-order valence-electron chi connectivity index (χ4n) is 3.92. The van der Waals surface area contributed by atoms with Gasteiger partial charge in [0.2, 0.25) is 5.69 Å². The number of hydrogen-bond donors (Lipinski definition) is 2. The molecular formula is C26H24N2O3S. The van der Waals surface area contributed by atoms with Crippen molar-refractivity contribution in [1.82, 2.24) is 4.98 Å². The zero-order chi connectivity index (χ0) is 22.7. The van der Waals surface area contributed by atoms with Crippen LogP contribution in [0.5, 0.6) is 0 Å². The molecule has 0 atom stereocenters. The third kappa shape index (κ3) is 4.72. The first kappa shape index (κ1) is 21.7. The third-order valence-corrected chi connectivity index (χ3v) is 5.37. The number of fused-ring (bicyclic) bond motifs is 2. The van der Waals surface area contributed by atoms with Crippen molar-refractivity contribution in [3.8, 4) is 0 Å². The topological polar surface area (TPSA) is 87.0 Å². The van der Waals surface area contributed by atoms with Crippen LogP contribution in [0.25, 0.3) is 22.0 Å². The van der Waals surface area contributed by atoms with Crippen molar-refractivity contribution >= 4 is 44.1 Å². The third-order valence-electron chi connectivity index (χ3n) is 5.37. The van der Waals surface area contributed by atoms with Gasteiger partial charge in [-0.3, -0.25) is 0 Å². The molecule has 1 aliphatic rings. The molecule has 2 N–H and O–H groups in total. The average Bonchev–Trinajstić information content (AvgIpc) is 3.39. The summed E-state index contributed by atoms with van der Waals surface area (Å²) in [6.07, 6.45) is 5.92. The molecule has 0 bridgehead atoms. The molecule has 0 unspecified atom stereocenters. The maximum atomic E-state index is 9.08. The van der Waals surface area contributed by atoms with Crippen LogP contribution < -0.4 is 4.99 Å². The first-order valence-electron chi connectivity index (χ1n) is 10.3. The second-order valence-electron chi connectivity index (χ2n) is 7.63. The number of aromatic amines is 1. The van der Waals surface area contributed by atoms with E-state index in [1.165, 1.54) is 38.8 Å². The van der Waals surface area contributed by atoms with E-state index in [2.05, 4.69) is 102 Å². The van der Waals surface area contributed by atoms with E-state index in [0.29, 0.717) is 6.26 Å². The van der Waals surface area contributed by atoms with Gasteiger partial charge in [-0.2, -0.15) is 0 Å². The van der Waals surface area contributed by atoms with Crippen molar-refractivity contribution in [3.05, 3.63) is 101 Å². The van der Waals surface area contributed by atoms with E-state index in [4.69, 9.17) is 13.0 Å². The molecule has 1 aliphatic heterocycles. The van der Waals surface area contributed by atoms with E-state index in [9.17, 15) is 0 Å². The Morgan fingerprint density at radius 2 is 1.62 bits per heavy atom. The number of nitrogens with one attached hydrogen (secondary N) is 2. The molecule has 5 rings (SSSR count). The van der Waals surface area contributed by atoms with Gasteiger partial charge in [-0.1, -0.05) is 61.5 Å². The Hall–Kier alpha value is -3.48. The normalized spacial score (nSPS) is 14.1. The number of benzene rings is 3. The van der Waals surface area contributed by atoms with Crippen LogP contribution in [0.2, 0.25) is 0 Å². The summed E-state index contributed by atoms with van der Waals surface area (Å²) in [5.41, 5.74) is 9.90. The fourth-order valence-corrected chi connectivity index (χ4v) is 3.92. The Balaban J connectivity index is 0.000000444. The minimum atomic E-state index is -3.92. The van der Waals surface area contributed by atoms with E-state index >= 15 is 0 Å². The van der Waals surface area contributed by atoms with Crippen LogP contribution >= 0.6 is 0 Å². The summed E-state index contributed by atoms with van der Waals surface area (Å²) in [5.74, 6) is 0. The fraction of sp³-hybridized carbons (Fsp3) is 0.115. The summed E-state index contributed by atoms with van der Waals surface area (Å²) in [6, 6.07) is 26.0. The summed E-state index contributed by atoms with van der Waals surface area (Å²) >= 11 is 0. The first-order valence-corrected chi connectivity index (χ1v) is 12.2. The molecule has 0 radical (unpaired) electrons. The zero-order valence-electron chi connectivity index (χ0n) is 17.9. The molecule has 0 aliphatic carbocycles. The number of H-pyrrole nitrogens is 1. The Morgan fingerprint density at radius 1 is 0.969 bits per heavy atom. The molecule has 32 heavy (non-hydrogen) atoms. The number of aromatic nitrogens is 1. The van der Waals surface area contributed by atoms with E-state index < -0.39 is 10.1 Å². The smallest absolute Gasteiger partial charge is 0.211 e. The van der Waals surface area contributed by atoms with E-state index in [1.54, 1.807) is 0 Å². The highest BCUT2D eigenvalue weighted by Crippen LogP contribution is 2.37. The van der Waals surface area contributed by atoms with Crippen LogP contribution in [0.3, 0.4) is 0 Å². The molecule has 0 amide bonds. The van der Waals surface area contributed by atoms with Gasteiger partial charge in [0.1, 0.15) is 0 Å². The molecule has 0 spiro atoms. The molecule has 0 saturated heterocycles. The lowest BCUT2D eigenvalue weighted by molar-refractivity contribution is -0.342. The Bertz CT molecular complexity index is 1420. The standard InChI is InChI=1S/C25H20N2.CH4O3S/c1-2-17-11-13-18(14-12-17)25(21-15-26-23-9-5-3-7-19(21)23)22-16-27-24-10-6-4-8-20(22)24;1-5(2,3)4/h3-16,26H,2H2,1H3;1H3,(H,2,3,4)/b25-22+;. The van der Waals surface area contributed by atoms with Gasteiger partial charge in [-0.15, -0.1) is 0 Å². The van der Waals surface area contributed by atoms with Crippen LogP contribution in [0, 0.1) is 0 Å². The molecule has 2 heterocycles. The second-order valence-corrected chi connectivity index (χ2v) is 9.03. The van der Waals surface area contributed by atoms with Crippen molar-refractivity contribution < 1.29 is 18.0 Å². The Labute approximate surface area is 187 Å². The van der Waals surface area contributed by atoms with Crippen LogP contribution in [0.15, 0.2) is 79.0 Å². The van der Waals surface area contributed by atoms with Crippen molar-refractivity contribution in [2.45, 2.75) is 13.3 Å². The number of hydrogen-bond acceptors (Lipinski definition) is 3. The SMILES string of the molecule is CCc1ccc(/C(=C2/C=[NH+]c3ccccc32)c2c[nH]c3ccccc23)cc1.CS(=O)(=O)[O-]. The maximum absolute atomic E-state index is 9.08. The summed E-state index contributed by atoms with van der Waals surface area (Å²) < 4.78 is 27.2. The number of allylic oxidation sites excluding steroid dienone is 1. The van der Waals surface area contributed by atoms with Crippen molar-refractivity contribution in [1.29, 1.82) is 0 Å². The summed E-state index contributed by atoms with van der Waals surface area (Å²) in [4.78, 5) is 6.88. The van der Waals surface area contributed by atoms with Gasteiger partial charge in [0, 0.05) is 40.6 Å². The van der Waals surface area contributed by atoms with Crippen LogP contribution in [0.1, 0.15) is 29.2 Å². The summed E-state index contributed by atoms with van der Waals surface area (Å²) in [6.45, 7) is 2.19. The van der Waals surface area contributed by atoms with Gasteiger partial charge in [0.05, 0.1) is 21.3 Å². The largest absolute Gasteiger partial charge is 0.748 e. The van der Waals surface area contributed by atoms with Crippen LogP contribution in [0.4, 0.5) is 5.69 Å². The van der Waals surface area contributed by atoms with Gasteiger partial charge in [0.15, 0.2) is 6.21 Å². The molecule has 5 nitrogen and oxygen atoms in total. The second kappa shape index (κ2) is 8.94. The molecule has 162 valence electrons. The van der Waals surface area contributed by atoms with E-state index in [0.717, 1.165) is 17.6 Å². The minimum absolute atomic E-state index is 0.604. The molecule has 1 aromatic heterocycles. The van der Waals surface area contributed by atoms with Crippen molar-refractivity contribution in [2.24, 2.45) is 0 Å². The highest BCUT2D eigenvalue weighted by atomic mass is 32.2. The van der Waals surface area contributed by atoms with Crippen LogP contribution in [-0.2, 0) is 16.5 Å². The van der Waals surface area contributed by atoms with Gasteiger partial charge in [-0.25, -0.2) is 13.4 Å². The van der Waals surface area contributed by atoms with Crippen molar-refractivity contribution in [2.75, 3.05) is 6.26 Å². The van der Waals surface area contributed by atoms with Gasteiger partial charge < -0.3 is 9.54 Å². The predicted octanol–water partition coefficient (Wildman–Crippen LogP) is 3.65. The minimum Gasteiger partial charge on any atom is -0.748 e. The maximum Gasteiger partial charge on any atom is 0.211 e. The highest BCUT2D eigenvalue weighted by Gasteiger charge is 2.24. The molecule has 6 heteroatoms. The lowest BCUT2D eigenvalue weighted by Gasteiger charge is -2.11. The summed E-state index contributed by atoms with van der Waals surface area (Å²) in [5, 5.41) is 1.25. The van der Waals surface area contributed by atoms with Crippen LogP contribution in [-0.4, -0.2) is 30.4 Å².